The molecule has 0 unspecified atom stereocenters. The number of imidazole rings is 2. The maximum atomic E-state index is 13.5. The maximum Gasteiger partial charge on any atom is 0.332 e. The summed E-state index contributed by atoms with van der Waals surface area (Å²) >= 11 is 0. The topological polar surface area (TPSA) is 87.9 Å². The summed E-state index contributed by atoms with van der Waals surface area (Å²) in [5.74, 6) is 1.26. The Kier molecular flexibility index (Phi) is 5.34. The van der Waals surface area contributed by atoms with Gasteiger partial charge in [0.05, 0.1) is 26.0 Å². The van der Waals surface area contributed by atoms with Crippen LogP contribution in [0.4, 0.5) is 0 Å². The lowest BCUT2D eigenvalue weighted by atomic mass is 10.2. The third-order valence-electron chi connectivity index (χ3n) is 6.34. The minimum Gasteiger partial charge on any atom is -0.495 e. The van der Waals surface area contributed by atoms with E-state index in [-0.39, 0.29) is 11.2 Å². The lowest BCUT2D eigenvalue weighted by Gasteiger charge is -2.26. The normalized spacial score (nSPS) is 15.0. The van der Waals surface area contributed by atoms with Gasteiger partial charge in [-0.3, -0.25) is 27.8 Å². The van der Waals surface area contributed by atoms with Gasteiger partial charge in [-0.2, -0.15) is 4.98 Å². The van der Waals surface area contributed by atoms with Gasteiger partial charge in [0.1, 0.15) is 5.75 Å². The molecule has 0 atom stereocenters. The Balaban J connectivity index is 1.69. The molecule has 1 saturated heterocycles. The molecule has 0 saturated carbocycles. The average Bonchev–Trinajstić information content (AvgIpc) is 3.32. The minimum absolute atomic E-state index is 0.320. The number of rotatable bonds is 5. The molecular weight excluding hydrogens is 424 g/mol. The maximum absolute atomic E-state index is 13.5. The largest absolute Gasteiger partial charge is 0.495 e. The molecule has 3 aromatic heterocycles. The van der Waals surface area contributed by atoms with Crippen LogP contribution in [-0.2, 0) is 18.3 Å². The van der Waals surface area contributed by atoms with Crippen molar-refractivity contribution >= 4 is 16.9 Å². The van der Waals surface area contributed by atoms with E-state index < -0.39 is 0 Å². The molecule has 10 nitrogen and oxygen atoms in total. The first-order valence-corrected chi connectivity index (χ1v) is 11.1. The molecule has 0 N–H and O–H groups in total. The highest BCUT2D eigenvalue weighted by Gasteiger charge is 2.22. The second kappa shape index (κ2) is 8.20. The van der Waals surface area contributed by atoms with Crippen molar-refractivity contribution in [3.8, 4) is 11.4 Å². The Morgan fingerprint density at radius 1 is 1.12 bits per heavy atom. The Bertz CT molecular complexity index is 1470. The van der Waals surface area contributed by atoms with Crippen molar-refractivity contribution in [3.63, 3.8) is 0 Å². The van der Waals surface area contributed by atoms with Crippen LogP contribution in [0.25, 0.3) is 22.6 Å². The van der Waals surface area contributed by atoms with Crippen molar-refractivity contribution in [1.29, 1.82) is 0 Å². The van der Waals surface area contributed by atoms with Crippen LogP contribution in [0.5, 0.6) is 5.75 Å². The first kappa shape index (κ1) is 21.5. The predicted octanol–water partition coefficient (Wildman–Crippen LogP) is 1.10. The molecule has 1 fully saturated rings. The lowest BCUT2D eigenvalue weighted by molar-refractivity contribution is 0.0361. The fraction of sp³-hybridized carbons (Fsp3) is 0.435. The van der Waals surface area contributed by atoms with Crippen LogP contribution in [0.2, 0.25) is 0 Å². The summed E-state index contributed by atoms with van der Waals surface area (Å²) in [6, 6.07) is 5.92. The third-order valence-corrected chi connectivity index (χ3v) is 6.34. The molecule has 0 spiro atoms. The lowest BCUT2D eigenvalue weighted by Crippen LogP contribution is -2.44. The summed E-state index contributed by atoms with van der Waals surface area (Å²) in [6.07, 6.45) is 1.88. The highest BCUT2D eigenvalue weighted by atomic mass is 16.5. The van der Waals surface area contributed by atoms with E-state index in [9.17, 15) is 9.59 Å². The zero-order chi connectivity index (χ0) is 23.3. The summed E-state index contributed by atoms with van der Waals surface area (Å²) in [6.45, 7) is 7.85. The van der Waals surface area contributed by atoms with Crippen LogP contribution in [-0.4, -0.2) is 67.9 Å². The summed E-state index contributed by atoms with van der Waals surface area (Å²) < 4.78 is 17.5. The number of aromatic nitrogens is 5. The molecule has 0 radical (unpaired) electrons. The van der Waals surface area contributed by atoms with Gasteiger partial charge in [-0.25, -0.2) is 4.79 Å². The standard InChI is InChI=1S/C23H28N6O4/c1-15-5-6-18(32-4)17(13-15)29-16(2)14-28-19-20(24-22(28)29)25(3)23(31)27(21(19)30)8-7-26-9-11-33-12-10-26/h5-6,13-14H,7-12H2,1-4H3. The van der Waals surface area contributed by atoms with Crippen molar-refractivity contribution in [2.24, 2.45) is 7.05 Å². The van der Waals surface area contributed by atoms with E-state index in [1.807, 2.05) is 42.8 Å². The Hall–Kier alpha value is -3.37. The highest BCUT2D eigenvalue weighted by molar-refractivity contribution is 5.76. The van der Waals surface area contributed by atoms with E-state index >= 15 is 0 Å². The molecule has 5 rings (SSSR count). The van der Waals surface area contributed by atoms with Crippen LogP contribution in [0.3, 0.4) is 0 Å². The molecule has 1 aromatic carbocycles. The van der Waals surface area contributed by atoms with Gasteiger partial charge in [0.25, 0.3) is 5.56 Å². The molecular formula is C23H28N6O4. The van der Waals surface area contributed by atoms with Crippen molar-refractivity contribution < 1.29 is 9.47 Å². The molecule has 10 heteroatoms. The second-order valence-electron chi connectivity index (χ2n) is 8.49. The molecule has 33 heavy (non-hydrogen) atoms. The fourth-order valence-corrected chi connectivity index (χ4v) is 4.55. The van der Waals surface area contributed by atoms with E-state index in [1.54, 1.807) is 18.6 Å². The third kappa shape index (κ3) is 3.46. The first-order chi connectivity index (χ1) is 15.9. The SMILES string of the molecule is COc1ccc(C)cc1-n1c(C)cn2c3c(=O)n(CCN4CCOCC4)c(=O)n(C)c3nc12. The number of hydrogen-bond donors (Lipinski definition) is 0. The summed E-state index contributed by atoms with van der Waals surface area (Å²) in [7, 11) is 3.29. The Morgan fingerprint density at radius 3 is 2.61 bits per heavy atom. The number of morpholine rings is 1. The van der Waals surface area contributed by atoms with Crippen LogP contribution < -0.4 is 16.0 Å². The average molecular weight is 453 g/mol. The summed E-state index contributed by atoms with van der Waals surface area (Å²) in [4.78, 5) is 33.5. The second-order valence-corrected chi connectivity index (χ2v) is 8.49. The van der Waals surface area contributed by atoms with Crippen molar-refractivity contribution in [1.82, 2.24) is 28.0 Å². The smallest absolute Gasteiger partial charge is 0.332 e. The van der Waals surface area contributed by atoms with Crippen LogP contribution in [0.15, 0.2) is 34.0 Å². The quantitative estimate of drug-likeness (QED) is 0.451. The number of benzene rings is 1. The van der Waals surface area contributed by atoms with Gasteiger partial charge in [-0.05, 0) is 31.5 Å². The molecule has 0 aliphatic carbocycles. The predicted molar refractivity (Wildman–Crippen MR) is 125 cm³/mol. The van der Waals surface area contributed by atoms with Gasteiger partial charge >= 0.3 is 5.69 Å². The first-order valence-electron chi connectivity index (χ1n) is 11.1. The van der Waals surface area contributed by atoms with Crippen molar-refractivity contribution in [2.45, 2.75) is 20.4 Å². The van der Waals surface area contributed by atoms with E-state index in [4.69, 9.17) is 14.5 Å². The number of ether oxygens (including phenoxy) is 2. The highest BCUT2D eigenvalue weighted by Crippen LogP contribution is 2.28. The number of methoxy groups -OCH3 is 1. The zero-order valence-electron chi connectivity index (χ0n) is 19.4. The van der Waals surface area contributed by atoms with E-state index in [1.165, 1.54) is 9.13 Å². The van der Waals surface area contributed by atoms with Crippen molar-refractivity contribution in [2.75, 3.05) is 40.0 Å². The van der Waals surface area contributed by atoms with E-state index in [0.717, 1.165) is 30.0 Å². The van der Waals surface area contributed by atoms with Gasteiger partial charge in [-0.15, -0.1) is 0 Å². The van der Waals surface area contributed by atoms with Gasteiger partial charge in [-0.1, -0.05) is 6.07 Å². The van der Waals surface area contributed by atoms with E-state index in [2.05, 4.69) is 4.90 Å². The molecule has 1 aliphatic rings. The van der Waals surface area contributed by atoms with Gasteiger partial charge in [0.2, 0.25) is 5.78 Å². The van der Waals surface area contributed by atoms with Crippen molar-refractivity contribution in [3.05, 3.63) is 56.5 Å². The van der Waals surface area contributed by atoms with Gasteiger partial charge < -0.3 is 9.47 Å². The van der Waals surface area contributed by atoms with Crippen LogP contribution in [0.1, 0.15) is 11.3 Å². The number of hydrogen-bond acceptors (Lipinski definition) is 6. The summed E-state index contributed by atoms with van der Waals surface area (Å²) in [5, 5.41) is 0. The van der Waals surface area contributed by atoms with Crippen LogP contribution in [0, 0.1) is 13.8 Å². The van der Waals surface area contributed by atoms with Crippen LogP contribution >= 0.6 is 0 Å². The fourth-order valence-electron chi connectivity index (χ4n) is 4.55. The van der Waals surface area contributed by atoms with Gasteiger partial charge in [0, 0.05) is 45.1 Å². The molecule has 0 bridgehead atoms. The minimum atomic E-state index is -0.363. The molecule has 174 valence electrons. The number of fused-ring (bicyclic) bond motifs is 3. The van der Waals surface area contributed by atoms with Gasteiger partial charge in [0.15, 0.2) is 11.2 Å². The van der Waals surface area contributed by atoms with E-state index in [0.29, 0.717) is 49.0 Å². The number of nitrogens with zero attached hydrogens (tertiary/aromatic N) is 6. The zero-order valence-corrected chi connectivity index (χ0v) is 19.4. The Morgan fingerprint density at radius 2 is 1.88 bits per heavy atom. The molecule has 4 aromatic rings. The molecule has 1 aliphatic heterocycles. The summed E-state index contributed by atoms with van der Waals surface area (Å²) in [5.41, 5.74) is 2.87. The monoisotopic (exact) mass is 452 g/mol. The molecule has 0 amide bonds. The number of aryl methyl sites for hydroxylation is 3. The molecule has 4 heterocycles. The Labute approximate surface area is 190 Å².